The quantitative estimate of drug-likeness (QED) is 0.220. The Morgan fingerprint density at radius 2 is 1.87 bits per heavy atom. The largest absolute Gasteiger partial charge is 0.444 e. The Kier molecular flexibility index (Phi) is 9.78. The molecule has 0 saturated carbocycles. The molecule has 11 nitrogen and oxygen atoms in total. The number of carbonyl (C=O) groups is 1. The first kappa shape index (κ1) is 33.1. The van der Waals surface area contributed by atoms with Crippen LogP contribution in [0.1, 0.15) is 51.7 Å². The maximum absolute atomic E-state index is 12.9. The van der Waals surface area contributed by atoms with Gasteiger partial charge in [0, 0.05) is 50.5 Å². The molecule has 1 atom stereocenters. The summed E-state index contributed by atoms with van der Waals surface area (Å²) in [7, 11) is -1.89. The molecule has 1 saturated heterocycles. The Balaban J connectivity index is 1.40. The molecular formula is C34H42N6O5S. The summed E-state index contributed by atoms with van der Waals surface area (Å²) in [6, 6.07) is 14.9. The summed E-state index contributed by atoms with van der Waals surface area (Å²) >= 11 is 0. The van der Waals surface area contributed by atoms with E-state index in [1.807, 2.05) is 77.1 Å². The van der Waals surface area contributed by atoms with Crippen molar-refractivity contribution in [1.29, 1.82) is 0 Å². The van der Waals surface area contributed by atoms with Gasteiger partial charge in [0.15, 0.2) is 0 Å². The maximum atomic E-state index is 12.9. The average Bonchev–Trinajstić information content (AvgIpc) is 3.01. The number of aromatic nitrogens is 3. The lowest BCUT2D eigenvalue weighted by Gasteiger charge is -2.34. The van der Waals surface area contributed by atoms with E-state index in [1.54, 1.807) is 30.4 Å². The van der Waals surface area contributed by atoms with Crippen molar-refractivity contribution < 1.29 is 22.7 Å². The molecule has 5 rings (SSSR count). The van der Waals surface area contributed by atoms with Crippen molar-refractivity contribution in [3.8, 4) is 22.9 Å². The van der Waals surface area contributed by atoms with Crippen LogP contribution in [0, 0.1) is 6.92 Å². The predicted octanol–water partition coefficient (Wildman–Crippen LogP) is 6.39. The van der Waals surface area contributed by atoms with Crippen molar-refractivity contribution in [2.24, 2.45) is 0 Å². The van der Waals surface area contributed by atoms with Crippen LogP contribution < -0.4 is 10.1 Å². The lowest BCUT2D eigenvalue weighted by atomic mass is 10.0. The number of carbonyl (C=O) groups excluding carboxylic acids is 1. The minimum absolute atomic E-state index is 0.0328. The Labute approximate surface area is 271 Å². The molecule has 12 heteroatoms. The summed E-state index contributed by atoms with van der Waals surface area (Å²) in [6.07, 6.45) is 4.72. The first-order chi connectivity index (χ1) is 21.8. The van der Waals surface area contributed by atoms with E-state index in [2.05, 4.69) is 15.3 Å². The minimum atomic E-state index is -3.47. The van der Waals surface area contributed by atoms with Crippen LogP contribution in [0.4, 0.5) is 10.7 Å². The number of amides is 1. The number of aryl methyl sites for hydroxylation is 1. The molecule has 0 unspecified atom stereocenters. The van der Waals surface area contributed by atoms with Crippen molar-refractivity contribution >= 4 is 32.8 Å². The van der Waals surface area contributed by atoms with Crippen LogP contribution in [0.2, 0.25) is 0 Å². The number of benzene rings is 2. The molecule has 0 radical (unpaired) electrons. The van der Waals surface area contributed by atoms with Gasteiger partial charge in [0.1, 0.15) is 11.4 Å². The molecule has 1 aliphatic rings. The van der Waals surface area contributed by atoms with E-state index >= 15 is 0 Å². The Hall–Kier alpha value is -4.29. The van der Waals surface area contributed by atoms with Crippen molar-refractivity contribution in [2.45, 2.75) is 64.9 Å². The molecule has 1 N–H and O–H groups in total. The van der Waals surface area contributed by atoms with E-state index in [0.29, 0.717) is 54.0 Å². The third kappa shape index (κ3) is 7.73. The highest BCUT2D eigenvalue weighted by atomic mass is 32.2. The van der Waals surface area contributed by atoms with Crippen LogP contribution in [0.3, 0.4) is 0 Å². The molecular weight excluding hydrogens is 604 g/mol. The monoisotopic (exact) mass is 646 g/mol. The van der Waals surface area contributed by atoms with E-state index in [9.17, 15) is 13.2 Å². The highest BCUT2D eigenvalue weighted by molar-refractivity contribution is 7.88. The van der Waals surface area contributed by atoms with Gasteiger partial charge < -0.3 is 19.7 Å². The summed E-state index contributed by atoms with van der Waals surface area (Å²) in [5, 5.41) is 4.99. The van der Waals surface area contributed by atoms with E-state index in [-0.39, 0.29) is 17.9 Å². The van der Waals surface area contributed by atoms with Gasteiger partial charge in [0.25, 0.3) is 0 Å². The van der Waals surface area contributed by atoms with Crippen LogP contribution in [-0.2, 0) is 20.5 Å². The molecule has 2 aromatic heterocycles. The summed E-state index contributed by atoms with van der Waals surface area (Å²) in [6.45, 7) is 10.9. The molecule has 0 spiro atoms. The second-order valence-electron chi connectivity index (χ2n) is 12.5. The number of hydrogen-bond acceptors (Lipinski definition) is 9. The van der Waals surface area contributed by atoms with Crippen LogP contribution in [-0.4, -0.2) is 77.0 Å². The molecule has 3 heterocycles. The summed E-state index contributed by atoms with van der Waals surface area (Å²) in [5.74, 6) is 1.28. The SMILES string of the molecule is CCN(C)S(=O)(=O)Cc1cccc2c(Oc3ncccc3-c3ccnc(N[C@H]4CCCN(C(=O)OC(C)(C)C)C4)n3)c(C)ccc12. The fourth-order valence-corrected chi connectivity index (χ4v) is 6.64. The zero-order chi connectivity index (χ0) is 33.1. The van der Waals surface area contributed by atoms with Crippen LogP contribution in [0.15, 0.2) is 60.9 Å². The number of nitrogens with one attached hydrogen (secondary N) is 1. The first-order valence-electron chi connectivity index (χ1n) is 15.5. The van der Waals surface area contributed by atoms with Gasteiger partial charge in [-0.2, -0.15) is 0 Å². The topological polar surface area (TPSA) is 127 Å². The number of fused-ring (bicyclic) bond motifs is 1. The molecule has 1 aliphatic heterocycles. The lowest BCUT2D eigenvalue weighted by molar-refractivity contribution is 0.0206. The van der Waals surface area contributed by atoms with E-state index in [0.717, 1.165) is 29.2 Å². The fourth-order valence-electron chi connectivity index (χ4n) is 5.38. The molecule has 244 valence electrons. The molecule has 0 aliphatic carbocycles. The van der Waals surface area contributed by atoms with Gasteiger partial charge in [-0.15, -0.1) is 0 Å². The molecule has 1 amide bonds. The Morgan fingerprint density at radius 1 is 1.07 bits per heavy atom. The number of pyridine rings is 1. The third-order valence-electron chi connectivity index (χ3n) is 7.87. The van der Waals surface area contributed by atoms with Crippen LogP contribution in [0.5, 0.6) is 11.6 Å². The fraction of sp³-hybridized carbons (Fsp3) is 0.412. The molecule has 2 aromatic carbocycles. The van der Waals surface area contributed by atoms with E-state index in [1.165, 1.54) is 4.31 Å². The highest BCUT2D eigenvalue weighted by Crippen LogP contribution is 2.38. The van der Waals surface area contributed by atoms with Gasteiger partial charge in [0.05, 0.1) is 17.0 Å². The van der Waals surface area contributed by atoms with Crippen LogP contribution >= 0.6 is 0 Å². The number of nitrogens with zero attached hydrogens (tertiary/aromatic N) is 5. The first-order valence-corrected chi connectivity index (χ1v) is 17.1. The normalized spacial score (nSPS) is 15.6. The second kappa shape index (κ2) is 13.6. The number of sulfonamides is 1. The number of ether oxygens (including phenoxy) is 2. The van der Waals surface area contributed by atoms with Gasteiger partial charge in [-0.3, -0.25) is 0 Å². The molecule has 46 heavy (non-hydrogen) atoms. The molecule has 4 aromatic rings. The van der Waals surface area contributed by atoms with Gasteiger partial charge in [-0.25, -0.2) is 32.5 Å². The second-order valence-corrected chi connectivity index (χ2v) is 14.6. The van der Waals surface area contributed by atoms with Gasteiger partial charge >= 0.3 is 6.09 Å². The van der Waals surface area contributed by atoms with Crippen molar-refractivity contribution in [1.82, 2.24) is 24.2 Å². The number of anilines is 1. The average molecular weight is 647 g/mol. The Morgan fingerprint density at radius 3 is 2.63 bits per heavy atom. The van der Waals surface area contributed by atoms with Crippen LogP contribution in [0.25, 0.3) is 22.0 Å². The van der Waals surface area contributed by atoms with Crippen molar-refractivity contribution in [3.05, 3.63) is 72.1 Å². The van der Waals surface area contributed by atoms with Crippen molar-refractivity contribution in [2.75, 3.05) is 32.0 Å². The summed E-state index contributed by atoms with van der Waals surface area (Å²) in [5.41, 5.74) is 2.31. The number of rotatable bonds is 9. The summed E-state index contributed by atoms with van der Waals surface area (Å²) < 4.78 is 39.3. The number of likely N-dealkylation sites (tertiary alicyclic amines) is 1. The van der Waals surface area contributed by atoms with E-state index < -0.39 is 15.6 Å². The standard InChI is InChI=1S/C34H42N6O5S/c1-7-39(6)46(42,43)22-24-11-8-13-27-26(24)16-15-23(2)30(27)44-31-28(14-9-18-35-31)29-17-19-36-32(38-29)37-25-12-10-20-40(21-25)33(41)45-34(3,4)5/h8-9,11,13-19,25H,7,10,12,20-22H2,1-6H3,(H,36,37,38)/t25-/m0/s1. The highest BCUT2D eigenvalue weighted by Gasteiger charge is 2.28. The zero-order valence-electron chi connectivity index (χ0n) is 27.3. The van der Waals surface area contributed by atoms with Gasteiger partial charge in [-0.1, -0.05) is 37.3 Å². The van der Waals surface area contributed by atoms with Crippen molar-refractivity contribution in [3.63, 3.8) is 0 Å². The predicted molar refractivity (Wildman–Crippen MR) is 179 cm³/mol. The molecule has 1 fully saturated rings. The number of piperidine rings is 1. The minimum Gasteiger partial charge on any atom is -0.444 e. The zero-order valence-corrected chi connectivity index (χ0v) is 28.1. The number of hydrogen-bond donors (Lipinski definition) is 1. The summed E-state index contributed by atoms with van der Waals surface area (Å²) in [4.78, 5) is 28.2. The Bertz CT molecular complexity index is 1820. The van der Waals surface area contributed by atoms with Gasteiger partial charge in [-0.05, 0) is 75.2 Å². The third-order valence-corrected chi connectivity index (χ3v) is 9.75. The van der Waals surface area contributed by atoms with Gasteiger partial charge in [0.2, 0.25) is 21.9 Å². The van der Waals surface area contributed by atoms with E-state index in [4.69, 9.17) is 14.5 Å². The molecule has 0 bridgehead atoms. The smallest absolute Gasteiger partial charge is 0.410 e. The lowest BCUT2D eigenvalue weighted by Crippen LogP contribution is -2.47. The maximum Gasteiger partial charge on any atom is 0.410 e.